The SMILES string of the molecule is COC(=O)Cc1nc2ccc(F)cn2c1N=Nc1ccc(C(C)=O)cc1. The maximum Gasteiger partial charge on any atom is 0.311 e. The van der Waals surface area contributed by atoms with Crippen molar-refractivity contribution >= 4 is 28.9 Å². The molecule has 3 rings (SSSR count). The molecule has 0 saturated carbocycles. The summed E-state index contributed by atoms with van der Waals surface area (Å²) in [6.07, 6.45) is 1.10. The van der Waals surface area contributed by atoms with Crippen LogP contribution in [0.2, 0.25) is 0 Å². The molecule has 0 aliphatic heterocycles. The number of benzene rings is 1. The van der Waals surface area contributed by atoms with E-state index in [9.17, 15) is 14.0 Å². The first-order valence-electron chi connectivity index (χ1n) is 7.74. The zero-order valence-electron chi connectivity index (χ0n) is 14.1. The molecule has 1 aromatic carbocycles. The van der Waals surface area contributed by atoms with Crippen LogP contribution in [-0.2, 0) is 16.0 Å². The van der Waals surface area contributed by atoms with Gasteiger partial charge in [-0.15, -0.1) is 10.2 Å². The van der Waals surface area contributed by atoms with Gasteiger partial charge in [0.15, 0.2) is 11.6 Å². The van der Waals surface area contributed by atoms with Gasteiger partial charge in [-0.25, -0.2) is 9.37 Å². The molecule has 0 saturated heterocycles. The summed E-state index contributed by atoms with van der Waals surface area (Å²) < 4.78 is 19.7. The van der Waals surface area contributed by atoms with E-state index in [0.717, 1.165) is 0 Å². The van der Waals surface area contributed by atoms with Crippen molar-refractivity contribution in [1.82, 2.24) is 9.38 Å². The average Bonchev–Trinajstić information content (AvgIpc) is 2.96. The molecule has 7 nitrogen and oxygen atoms in total. The van der Waals surface area contributed by atoms with Gasteiger partial charge in [-0.1, -0.05) is 0 Å². The summed E-state index contributed by atoms with van der Waals surface area (Å²) in [5, 5.41) is 8.23. The molecule has 26 heavy (non-hydrogen) atoms. The molecule has 2 aromatic heterocycles. The molecular weight excluding hydrogens is 339 g/mol. The number of nitrogens with zero attached hydrogens (tertiary/aromatic N) is 4. The smallest absolute Gasteiger partial charge is 0.311 e. The highest BCUT2D eigenvalue weighted by molar-refractivity contribution is 5.94. The molecule has 0 bridgehead atoms. The Labute approximate surface area is 148 Å². The Morgan fingerprint density at radius 1 is 1.15 bits per heavy atom. The summed E-state index contributed by atoms with van der Waals surface area (Å²) in [4.78, 5) is 27.2. The van der Waals surface area contributed by atoms with Crippen LogP contribution in [0.3, 0.4) is 0 Å². The van der Waals surface area contributed by atoms with Gasteiger partial charge in [0.25, 0.3) is 0 Å². The number of hydrogen-bond acceptors (Lipinski definition) is 6. The number of ether oxygens (including phenoxy) is 1. The number of ketones is 1. The third-order valence-corrected chi connectivity index (χ3v) is 3.70. The number of Topliss-reactive ketones (excluding diaryl/α,β-unsaturated/α-hetero) is 1. The highest BCUT2D eigenvalue weighted by Gasteiger charge is 2.16. The number of hydrogen-bond donors (Lipinski definition) is 0. The van der Waals surface area contributed by atoms with E-state index in [-0.39, 0.29) is 18.0 Å². The van der Waals surface area contributed by atoms with Crippen LogP contribution < -0.4 is 0 Å². The molecule has 0 fully saturated rings. The number of imidazole rings is 1. The van der Waals surface area contributed by atoms with Crippen molar-refractivity contribution in [2.75, 3.05) is 7.11 Å². The number of fused-ring (bicyclic) bond motifs is 1. The second-order valence-corrected chi connectivity index (χ2v) is 5.51. The first-order chi connectivity index (χ1) is 12.5. The van der Waals surface area contributed by atoms with Crippen molar-refractivity contribution in [3.63, 3.8) is 0 Å². The van der Waals surface area contributed by atoms with Crippen LogP contribution in [0.5, 0.6) is 0 Å². The van der Waals surface area contributed by atoms with Crippen molar-refractivity contribution in [2.45, 2.75) is 13.3 Å². The van der Waals surface area contributed by atoms with Crippen LogP contribution >= 0.6 is 0 Å². The summed E-state index contributed by atoms with van der Waals surface area (Å²) in [6, 6.07) is 9.32. The molecule has 0 spiro atoms. The van der Waals surface area contributed by atoms with Crippen LogP contribution in [0.15, 0.2) is 52.8 Å². The highest BCUT2D eigenvalue weighted by atomic mass is 19.1. The van der Waals surface area contributed by atoms with Crippen LogP contribution in [-0.4, -0.2) is 28.2 Å². The van der Waals surface area contributed by atoms with Crippen molar-refractivity contribution in [3.05, 3.63) is 59.7 Å². The monoisotopic (exact) mass is 354 g/mol. The number of methoxy groups -OCH3 is 1. The molecule has 0 atom stereocenters. The fraction of sp³-hybridized carbons (Fsp3) is 0.167. The Kier molecular flexibility index (Phi) is 4.83. The normalized spacial score (nSPS) is 11.2. The Balaban J connectivity index is 2.01. The zero-order valence-corrected chi connectivity index (χ0v) is 14.1. The van der Waals surface area contributed by atoms with Crippen LogP contribution in [0.1, 0.15) is 23.0 Å². The topological polar surface area (TPSA) is 85.4 Å². The Morgan fingerprint density at radius 3 is 2.54 bits per heavy atom. The van der Waals surface area contributed by atoms with E-state index in [2.05, 4.69) is 19.9 Å². The first-order valence-corrected chi connectivity index (χ1v) is 7.74. The Bertz CT molecular complexity index is 1010. The Morgan fingerprint density at radius 2 is 1.88 bits per heavy atom. The summed E-state index contributed by atoms with van der Waals surface area (Å²) in [5.41, 5.74) is 1.83. The minimum atomic E-state index is -0.490. The van der Waals surface area contributed by atoms with E-state index in [1.165, 1.54) is 36.8 Å². The number of carbonyl (C=O) groups excluding carboxylic acids is 2. The van der Waals surface area contributed by atoms with Gasteiger partial charge in [0.05, 0.1) is 24.9 Å². The van der Waals surface area contributed by atoms with Crippen molar-refractivity contribution in [1.29, 1.82) is 0 Å². The van der Waals surface area contributed by atoms with Crippen LogP contribution in [0.25, 0.3) is 5.65 Å². The number of aromatic nitrogens is 2. The van der Waals surface area contributed by atoms with Gasteiger partial charge < -0.3 is 4.74 Å². The molecule has 0 amide bonds. The molecule has 0 aliphatic rings. The van der Waals surface area contributed by atoms with Crippen molar-refractivity contribution in [2.24, 2.45) is 10.2 Å². The third-order valence-electron chi connectivity index (χ3n) is 3.70. The first kappa shape index (κ1) is 17.4. The van der Waals surface area contributed by atoms with E-state index in [4.69, 9.17) is 0 Å². The number of carbonyl (C=O) groups is 2. The van der Waals surface area contributed by atoms with E-state index < -0.39 is 11.8 Å². The Hall–Kier alpha value is -3.42. The van der Waals surface area contributed by atoms with Gasteiger partial charge in [0, 0.05) is 11.8 Å². The molecule has 0 N–H and O–H groups in total. The molecule has 0 unspecified atom stereocenters. The minimum absolute atomic E-state index is 0.0499. The van der Waals surface area contributed by atoms with Gasteiger partial charge in [-0.3, -0.25) is 14.0 Å². The number of pyridine rings is 1. The van der Waals surface area contributed by atoms with Crippen LogP contribution in [0.4, 0.5) is 15.9 Å². The number of rotatable bonds is 5. The lowest BCUT2D eigenvalue weighted by Gasteiger charge is -1.99. The van der Waals surface area contributed by atoms with Gasteiger partial charge in [-0.05, 0) is 43.3 Å². The third kappa shape index (κ3) is 3.64. The van der Waals surface area contributed by atoms with E-state index in [1.54, 1.807) is 24.3 Å². The van der Waals surface area contributed by atoms with Crippen molar-refractivity contribution < 1.29 is 18.7 Å². The number of halogens is 1. The number of azo groups is 1. The fourth-order valence-corrected chi connectivity index (χ4v) is 2.36. The van der Waals surface area contributed by atoms with Gasteiger partial charge in [-0.2, -0.15) is 0 Å². The lowest BCUT2D eigenvalue weighted by Crippen LogP contribution is -2.04. The predicted octanol–water partition coefficient (Wildman–Crippen LogP) is 3.81. The zero-order chi connectivity index (χ0) is 18.7. The average molecular weight is 354 g/mol. The number of esters is 1. The van der Waals surface area contributed by atoms with Gasteiger partial charge >= 0.3 is 5.97 Å². The molecule has 0 aliphatic carbocycles. The molecule has 0 radical (unpaired) electrons. The second kappa shape index (κ2) is 7.22. The fourth-order valence-electron chi connectivity index (χ4n) is 2.36. The summed E-state index contributed by atoms with van der Waals surface area (Å²) in [5.74, 6) is -0.774. The summed E-state index contributed by atoms with van der Waals surface area (Å²) in [7, 11) is 1.27. The van der Waals surface area contributed by atoms with E-state index in [0.29, 0.717) is 22.6 Å². The predicted molar refractivity (Wildman–Crippen MR) is 91.5 cm³/mol. The maximum atomic E-state index is 13.6. The van der Waals surface area contributed by atoms with Crippen molar-refractivity contribution in [3.8, 4) is 0 Å². The largest absolute Gasteiger partial charge is 0.469 e. The van der Waals surface area contributed by atoms with Crippen LogP contribution in [0, 0.1) is 5.82 Å². The quantitative estimate of drug-likeness (QED) is 0.396. The molecular formula is C18H15FN4O3. The maximum absolute atomic E-state index is 13.6. The minimum Gasteiger partial charge on any atom is -0.469 e. The van der Waals surface area contributed by atoms with Gasteiger partial charge in [0.2, 0.25) is 0 Å². The van der Waals surface area contributed by atoms with E-state index >= 15 is 0 Å². The molecule has 3 aromatic rings. The van der Waals surface area contributed by atoms with Gasteiger partial charge in [0.1, 0.15) is 11.5 Å². The van der Waals surface area contributed by atoms with E-state index in [1.807, 2.05) is 0 Å². The summed E-state index contributed by atoms with van der Waals surface area (Å²) >= 11 is 0. The summed E-state index contributed by atoms with van der Waals surface area (Å²) in [6.45, 7) is 1.47. The lowest BCUT2D eigenvalue weighted by atomic mass is 10.1. The molecule has 8 heteroatoms. The molecule has 132 valence electrons. The second-order valence-electron chi connectivity index (χ2n) is 5.51. The standard InChI is InChI=1S/C18H15FN4O3/c1-11(24)12-3-6-14(7-4-12)21-22-18-15(9-17(25)26-2)20-16-8-5-13(19)10-23(16)18/h3-8,10H,9H2,1-2H3. The highest BCUT2D eigenvalue weighted by Crippen LogP contribution is 2.25. The lowest BCUT2D eigenvalue weighted by molar-refractivity contribution is -0.139. The molecule has 2 heterocycles.